The van der Waals surface area contributed by atoms with Crippen molar-refractivity contribution in [3.8, 4) is 0 Å². The van der Waals surface area contributed by atoms with Crippen LogP contribution in [0, 0.1) is 0 Å². The predicted octanol–water partition coefficient (Wildman–Crippen LogP) is 5.13. The zero-order valence-electron chi connectivity index (χ0n) is 25.1. The number of ether oxygens (including phenoxy) is 1. The number of hydrogen-bond acceptors (Lipinski definition) is 9. The molecule has 2 aliphatic heterocycles. The number of sulfonamides is 1. The third-order valence-electron chi connectivity index (χ3n) is 7.95. The number of aromatic nitrogens is 2. The van der Waals surface area contributed by atoms with Crippen LogP contribution >= 0.6 is 11.6 Å². The minimum Gasteiger partial charge on any atom is -0.378 e. The van der Waals surface area contributed by atoms with Gasteiger partial charge in [-0.25, -0.2) is 17.7 Å². The Morgan fingerprint density at radius 1 is 1.09 bits per heavy atom. The summed E-state index contributed by atoms with van der Waals surface area (Å²) in [4.78, 5) is 25.8. The van der Waals surface area contributed by atoms with Gasteiger partial charge in [-0.15, -0.1) is 0 Å². The lowest BCUT2D eigenvalue weighted by Gasteiger charge is -2.29. The van der Waals surface area contributed by atoms with E-state index in [1.54, 1.807) is 12.1 Å². The van der Waals surface area contributed by atoms with E-state index in [4.69, 9.17) is 16.3 Å². The van der Waals surface area contributed by atoms with E-state index in [0.29, 0.717) is 50.6 Å². The van der Waals surface area contributed by atoms with E-state index in [9.17, 15) is 13.2 Å². The number of rotatable bonds is 8. The van der Waals surface area contributed by atoms with Crippen molar-refractivity contribution < 1.29 is 17.9 Å². The fraction of sp³-hybridized carbons (Fsp3) is 0.433. The fourth-order valence-electron chi connectivity index (χ4n) is 5.39. The maximum Gasteiger partial charge on any atom is 0.244 e. The van der Waals surface area contributed by atoms with Gasteiger partial charge < -0.3 is 25.2 Å². The highest BCUT2D eigenvalue weighted by Crippen LogP contribution is 2.41. The minimum atomic E-state index is -3.82. The van der Waals surface area contributed by atoms with Gasteiger partial charge in [-0.1, -0.05) is 31.5 Å². The summed E-state index contributed by atoms with van der Waals surface area (Å²) in [5, 5.41) is 6.57. The molecule has 1 saturated heterocycles. The molecule has 0 radical (unpaired) electrons. The Morgan fingerprint density at radius 3 is 2.53 bits per heavy atom. The Bertz CT molecular complexity index is 1620. The molecule has 3 heterocycles. The molecule has 3 aromatic rings. The summed E-state index contributed by atoms with van der Waals surface area (Å²) in [7, 11) is -0.825. The molecule has 5 rings (SSSR count). The topological polar surface area (TPSA) is 120 Å². The Morgan fingerprint density at radius 2 is 1.84 bits per heavy atom. The standard InChI is InChI=1S/C30H38ClN7O4S/c1-6-38-25-17-20(7-9-22(25)30(2,3)12-11-27(38)39)33-29-32-19-23(31)28(35-29)34-24-10-8-21(37-13-15-42-16-14-37)18-26(24)43(40,41)36(4)5/h7-10,17-19H,6,11-16H2,1-5H3,(H2,32,33,34,35). The van der Waals surface area contributed by atoms with Crippen LogP contribution < -0.4 is 20.4 Å². The first-order valence-corrected chi connectivity index (χ1v) is 16.1. The van der Waals surface area contributed by atoms with E-state index >= 15 is 0 Å². The highest BCUT2D eigenvalue weighted by Gasteiger charge is 2.32. The Kier molecular flexibility index (Phi) is 8.85. The smallest absolute Gasteiger partial charge is 0.244 e. The zero-order valence-corrected chi connectivity index (χ0v) is 26.7. The van der Waals surface area contributed by atoms with Crippen molar-refractivity contribution in [2.24, 2.45) is 0 Å². The zero-order chi connectivity index (χ0) is 30.9. The minimum absolute atomic E-state index is 0.100. The summed E-state index contributed by atoms with van der Waals surface area (Å²) in [5.74, 6) is 0.606. The molecule has 2 N–H and O–H groups in total. The number of hydrogen-bond donors (Lipinski definition) is 2. The average Bonchev–Trinajstić information content (AvgIpc) is 3.08. The molecule has 0 spiro atoms. The molecule has 0 bridgehead atoms. The van der Waals surface area contributed by atoms with Crippen molar-refractivity contribution in [1.82, 2.24) is 14.3 Å². The second-order valence-electron chi connectivity index (χ2n) is 11.5. The Balaban J connectivity index is 1.47. The molecule has 0 saturated carbocycles. The molecule has 43 heavy (non-hydrogen) atoms. The van der Waals surface area contributed by atoms with Gasteiger partial charge in [-0.2, -0.15) is 4.98 Å². The lowest BCUT2D eigenvalue weighted by molar-refractivity contribution is -0.118. The van der Waals surface area contributed by atoms with E-state index in [1.807, 2.05) is 36.1 Å². The lowest BCUT2D eigenvalue weighted by Crippen LogP contribution is -2.36. The lowest BCUT2D eigenvalue weighted by atomic mass is 9.80. The molecule has 230 valence electrons. The molecule has 2 aliphatic rings. The van der Waals surface area contributed by atoms with Crippen molar-refractivity contribution in [3.63, 3.8) is 0 Å². The van der Waals surface area contributed by atoms with Crippen LogP contribution in [-0.2, 0) is 25.0 Å². The first-order chi connectivity index (χ1) is 20.4. The number of nitrogens with one attached hydrogen (secondary N) is 2. The molecule has 0 unspecified atom stereocenters. The maximum atomic E-state index is 13.4. The fourth-order valence-corrected chi connectivity index (χ4v) is 6.59. The predicted molar refractivity (Wildman–Crippen MR) is 171 cm³/mol. The van der Waals surface area contributed by atoms with Crippen LogP contribution in [0.2, 0.25) is 5.02 Å². The van der Waals surface area contributed by atoms with E-state index in [-0.39, 0.29) is 33.0 Å². The van der Waals surface area contributed by atoms with Crippen LogP contribution in [-0.4, -0.2) is 75.5 Å². The van der Waals surface area contributed by atoms with Crippen LogP contribution in [0.1, 0.15) is 39.2 Å². The van der Waals surface area contributed by atoms with E-state index in [0.717, 1.165) is 23.4 Å². The summed E-state index contributed by atoms with van der Waals surface area (Å²) in [6.07, 6.45) is 2.72. The summed E-state index contributed by atoms with van der Waals surface area (Å²) in [6, 6.07) is 11.2. The SMILES string of the molecule is CCN1C(=O)CCC(C)(C)c2ccc(Nc3ncc(Cl)c(Nc4ccc(N5CCOCC5)cc4S(=O)(=O)N(C)C)n3)cc21. The Hall–Kier alpha value is -3.45. The summed E-state index contributed by atoms with van der Waals surface area (Å²) in [6.45, 7) is 9.36. The molecule has 11 nitrogen and oxygen atoms in total. The Labute approximate surface area is 258 Å². The van der Waals surface area contributed by atoms with Gasteiger partial charge in [-0.3, -0.25) is 4.79 Å². The van der Waals surface area contributed by atoms with Crippen LogP contribution in [0.15, 0.2) is 47.5 Å². The maximum absolute atomic E-state index is 13.4. The van der Waals surface area contributed by atoms with E-state index in [1.165, 1.54) is 24.6 Å². The van der Waals surface area contributed by atoms with Gasteiger partial charge in [0.15, 0.2) is 5.82 Å². The normalized spacial score (nSPS) is 17.0. The molecule has 1 aromatic heterocycles. The summed E-state index contributed by atoms with van der Waals surface area (Å²) >= 11 is 6.49. The van der Waals surface area contributed by atoms with Gasteiger partial charge in [0.1, 0.15) is 9.92 Å². The van der Waals surface area contributed by atoms with Crippen LogP contribution in [0.25, 0.3) is 0 Å². The van der Waals surface area contributed by atoms with E-state index in [2.05, 4.69) is 39.3 Å². The van der Waals surface area contributed by atoms with Crippen molar-refractivity contribution >= 4 is 62.0 Å². The van der Waals surface area contributed by atoms with Gasteiger partial charge in [0.25, 0.3) is 0 Å². The largest absolute Gasteiger partial charge is 0.378 e. The quantitative estimate of drug-likeness (QED) is 0.350. The number of halogens is 1. The monoisotopic (exact) mass is 627 g/mol. The van der Waals surface area contributed by atoms with Crippen molar-refractivity contribution in [2.45, 2.75) is 43.9 Å². The summed E-state index contributed by atoms with van der Waals surface area (Å²) in [5.41, 5.74) is 3.66. The molecule has 1 amide bonds. The molecule has 0 aliphatic carbocycles. The second-order valence-corrected chi connectivity index (χ2v) is 14.0. The van der Waals surface area contributed by atoms with Gasteiger partial charge >= 0.3 is 0 Å². The molecule has 13 heteroatoms. The first-order valence-electron chi connectivity index (χ1n) is 14.3. The first kappa shape index (κ1) is 31.0. The molecular formula is C30H38ClN7O4S. The van der Waals surface area contributed by atoms with Gasteiger partial charge in [0, 0.05) is 57.2 Å². The average molecular weight is 628 g/mol. The van der Waals surface area contributed by atoms with Crippen molar-refractivity contribution in [1.29, 1.82) is 0 Å². The third kappa shape index (κ3) is 6.42. The van der Waals surface area contributed by atoms with Crippen LogP contribution in [0.5, 0.6) is 0 Å². The number of morpholine rings is 1. The molecule has 1 fully saturated rings. The molecule has 2 aromatic carbocycles. The van der Waals surface area contributed by atoms with Crippen LogP contribution in [0.4, 0.5) is 34.5 Å². The number of fused-ring (bicyclic) bond motifs is 1. The number of amides is 1. The number of carbonyl (C=O) groups excluding carboxylic acids is 1. The number of carbonyl (C=O) groups is 1. The van der Waals surface area contributed by atoms with Gasteiger partial charge in [0.05, 0.1) is 25.1 Å². The highest BCUT2D eigenvalue weighted by atomic mass is 35.5. The second kappa shape index (κ2) is 12.3. The van der Waals surface area contributed by atoms with Gasteiger partial charge in [-0.05, 0) is 54.7 Å². The number of nitrogens with zero attached hydrogens (tertiary/aromatic N) is 5. The number of anilines is 6. The van der Waals surface area contributed by atoms with Crippen molar-refractivity contribution in [2.75, 3.05) is 67.4 Å². The molecule has 0 atom stereocenters. The van der Waals surface area contributed by atoms with E-state index < -0.39 is 10.0 Å². The third-order valence-corrected chi connectivity index (χ3v) is 10.1. The number of benzene rings is 2. The van der Waals surface area contributed by atoms with Gasteiger partial charge in [0.2, 0.25) is 21.9 Å². The van der Waals surface area contributed by atoms with Crippen molar-refractivity contribution in [3.05, 3.63) is 53.2 Å². The summed E-state index contributed by atoms with van der Waals surface area (Å²) < 4.78 is 33.4. The van der Waals surface area contributed by atoms with Crippen LogP contribution in [0.3, 0.4) is 0 Å². The highest BCUT2D eigenvalue weighted by molar-refractivity contribution is 7.89. The molecular weight excluding hydrogens is 590 g/mol.